The maximum Gasteiger partial charge on any atom is 0.272 e. The van der Waals surface area contributed by atoms with E-state index in [1.807, 2.05) is 25.1 Å². The van der Waals surface area contributed by atoms with Crippen molar-refractivity contribution in [1.29, 1.82) is 0 Å². The summed E-state index contributed by atoms with van der Waals surface area (Å²) in [6, 6.07) is 7.19. The minimum atomic E-state index is -0.233. The summed E-state index contributed by atoms with van der Waals surface area (Å²) < 4.78 is 0.753. The molecule has 3 nitrogen and oxygen atoms in total. The predicted molar refractivity (Wildman–Crippen MR) is 64.9 cm³/mol. The lowest BCUT2D eigenvalue weighted by molar-refractivity contribution is 0.0954. The van der Waals surface area contributed by atoms with Gasteiger partial charge in [0.1, 0.15) is 0 Å². The number of rotatable bonds is 3. The van der Waals surface area contributed by atoms with Gasteiger partial charge in [-0.3, -0.25) is 4.79 Å². The van der Waals surface area contributed by atoms with Crippen LogP contribution in [0.4, 0.5) is 0 Å². The Morgan fingerprint density at radius 3 is 2.87 bits per heavy atom. The number of hydrogen-bond donors (Lipinski definition) is 1. The lowest BCUT2D eigenvalue weighted by atomic mass is 10.2. The van der Waals surface area contributed by atoms with E-state index >= 15 is 0 Å². The second kappa shape index (κ2) is 6.14. The van der Waals surface area contributed by atoms with Crippen LogP contribution in [0.25, 0.3) is 0 Å². The molecule has 0 saturated heterocycles. The Morgan fingerprint density at radius 2 is 2.20 bits per heavy atom. The van der Waals surface area contributed by atoms with Crippen molar-refractivity contribution in [3.05, 3.63) is 46.5 Å². The number of carbonyl (C=O) groups is 1. The molecule has 1 rings (SSSR count). The van der Waals surface area contributed by atoms with E-state index in [1.165, 1.54) is 6.21 Å². The van der Waals surface area contributed by atoms with Gasteiger partial charge in [0, 0.05) is 10.7 Å². The van der Waals surface area contributed by atoms with E-state index in [9.17, 15) is 4.79 Å². The molecule has 0 bridgehead atoms. The largest absolute Gasteiger partial charge is 0.272 e. The molecule has 0 aliphatic carbocycles. The zero-order valence-corrected chi connectivity index (χ0v) is 9.86. The van der Waals surface area contributed by atoms with E-state index in [4.69, 9.17) is 0 Å². The third kappa shape index (κ3) is 3.67. The first-order valence-corrected chi connectivity index (χ1v) is 5.24. The Hall–Kier alpha value is -1.42. The number of nitrogens with one attached hydrogen (secondary N) is 1. The molecule has 0 aromatic heterocycles. The van der Waals surface area contributed by atoms with Gasteiger partial charge in [0.15, 0.2) is 0 Å². The first-order valence-electron chi connectivity index (χ1n) is 4.45. The molecule has 1 N–H and O–H groups in total. The average molecular weight is 267 g/mol. The Morgan fingerprint density at radius 1 is 1.47 bits per heavy atom. The lowest BCUT2D eigenvalue weighted by Gasteiger charge is -2.01. The van der Waals surface area contributed by atoms with Gasteiger partial charge in [-0.05, 0) is 41.1 Å². The molecule has 15 heavy (non-hydrogen) atoms. The quantitative estimate of drug-likeness (QED) is 0.664. The van der Waals surface area contributed by atoms with Gasteiger partial charge >= 0.3 is 0 Å². The zero-order chi connectivity index (χ0) is 11.1. The Kier molecular flexibility index (Phi) is 4.77. The number of nitrogens with zero attached hydrogens (tertiary/aromatic N) is 1. The average Bonchev–Trinajstić information content (AvgIpc) is 2.25. The van der Waals surface area contributed by atoms with E-state index < -0.39 is 0 Å². The van der Waals surface area contributed by atoms with Crippen LogP contribution in [0.3, 0.4) is 0 Å². The molecule has 1 aromatic carbocycles. The predicted octanol–water partition coefficient (Wildman–Crippen LogP) is 2.74. The van der Waals surface area contributed by atoms with Crippen molar-refractivity contribution >= 4 is 28.1 Å². The molecule has 0 spiro atoms. The fraction of sp³-hybridized carbons (Fsp3) is 0.0909. The van der Waals surface area contributed by atoms with Gasteiger partial charge in [0.25, 0.3) is 5.91 Å². The van der Waals surface area contributed by atoms with Crippen LogP contribution in [0.5, 0.6) is 0 Å². The molecule has 1 aromatic rings. The molecule has 0 heterocycles. The standard InChI is InChI=1S/C11H11BrN2O/c1-2-3-8-13-14-11(15)9-6-4-5-7-10(9)12/h2-8H,1H3,(H,14,15). The van der Waals surface area contributed by atoms with Gasteiger partial charge in [-0.25, -0.2) is 5.43 Å². The zero-order valence-electron chi connectivity index (χ0n) is 8.27. The summed E-state index contributed by atoms with van der Waals surface area (Å²) in [5.74, 6) is -0.233. The lowest BCUT2D eigenvalue weighted by Crippen LogP contribution is -2.17. The number of hydrogen-bond acceptors (Lipinski definition) is 2. The molecule has 78 valence electrons. The number of amides is 1. The van der Waals surface area contributed by atoms with Crippen molar-refractivity contribution in [3.63, 3.8) is 0 Å². The number of benzene rings is 1. The summed E-state index contributed by atoms with van der Waals surface area (Å²) in [5, 5.41) is 3.75. The minimum absolute atomic E-state index is 0.233. The number of allylic oxidation sites excluding steroid dienone is 2. The second-order valence-corrected chi connectivity index (χ2v) is 3.58. The van der Waals surface area contributed by atoms with Crippen LogP contribution in [0.15, 0.2) is 46.0 Å². The summed E-state index contributed by atoms with van der Waals surface area (Å²) in [7, 11) is 0. The summed E-state index contributed by atoms with van der Waals surface area (Å²) >= 11 is 3.29. The number of carbonyl (C=O) groups excluding carboxylic acids is 1. The monoisotopic (exact) mass is 266 g/mol. The van der Waals surface area contributed by atoms with E-state index in [0.29, 0.717) is 5.56 Å². The van der Waals surface area contributed by atoms with Crippen LogP contribution in [-0.2, 0) is 0 Å². The molecule has 0 unspecified atom stereocenters. The normalized spacial score (nSPS) is 11.1. The molecule has 1 amide bonds. The highest BCUT2D eigenvalue weighted by Gasteiger charge is 2.06. The van der Waals surface area contributed by atoms with Crippen LogP contribution in [0, 0.1) is 0 Å². The Balaban J connectivity index is 2.66. The van der Waals surface area contributed by atoms with Crippen LogP contribution in [-0.4, -0.2) is 12.1 Å². The van der Waals surface area contributed by atoms with Crippen molar-refractivity contribution < 1.29 is 4.79 Å². The summed E-state index contributed by atoms with van der Waals surface area (Å²) in [5.41, 5.74) is 2.99. The highest BCUT2D eigenvalue weighted by Crippen LogP contribution is 2.15. The van der Waals surface area contributed by atoms with Gasteiger partial charge in [-0.1, -0.05) is 18.2 Å². The van der Waals surface area contributed by atoms with E-state index in [0.717, 1.165) is 4.47 Å². The molecule has 0 aliphatic rings. The highest BCUT2D eigenvalue weighted by molar-refractivity contribution is 9.10. The molecule has 0 radical (unpaired) electrons. The van der Waals surface area contributed by atoms with Gasteiger partial charge in [-0.2, -0.15) is 5.10 Å². The summed E-state index contributed by atoms with van der Waals surface area (Å²) in [4.78, 5) is 11.5. The van der Waals surface area contributed by atoms with Crippen molar-refractivity contribution in [2.75, 3.05) is 0 Å². The second-order valence-electron chi connectivity index (χ2n) is 2.72. The van der Waals surface area contributed by atoms with Crippen LogP contribution < -0.4 is 5.43 Å². The maximum absolute atomic E-state index is 11.5. The van der Waals surface area contributed by atoms with E-state index in [2.05, 4.69) is 26.5 Å². The smallest absolute Gasteiger partial charge is 0.267 e. The fourth-order valence-corrected chi connectivity index (χ4v) is 1.40. The van der Waals surface area contributed by atoms with Gasteiger partial charge in [0.2, 0.25) is 0 Å². The van der Waals surface area contributed by atoms with Crippen molar-refractivity contribution in [3.8, 4) is 0 Å². The molecular weight excluding hydrogens is 256 g/mol. The van der Waals surface area contributed by atoms with Crippen LogP contribution in [0.1, 0.15) is 17.3 Å². The molecule has 0 fully saturated rings. The molecule has 0 saturated carbocycles. The molecule has 0 atom stereocenters. The van der Waals surface area contributed by atoms with Gasteiger partial charge in [0.05, 0.1) is 5.56 Å². The summed E-state index contributed by atoms with van der Waals surface area (Å²) in [6.45, 7) is 1.88. The third-order valence-corrected chi connectivity index (χ3v) is 2.33. The summed E-state index contributed by atoms with van der Waals surface area (Å²) in [6.07, 6.45) is 5.09. The number of halogens is 1. The molecule has 4 heteroatoms. The highest BCUT2D eigenvalue weighted by atomic mass is 79.9. The van der Waals surface area contributed by atoms with Crippen molar-refractivity contribution in [2.45, 2.75) is 6.92 Å². The minimum Gasteiger partial charge on any atom is -0.267 e. The van der Waals surface area contributed by atoms with Crippen molar-refractivity contribution in [2.24, 2.45) is 5.10 Å². The van der Waals surface area contributed by atoms with E-state index in [1.54, 1.807) is 18.2 Å². The Labute approximate surface area is 97.0 Å². The maximum atomic E-state index is 11.5. The topological polar surface area (TPSA) is 41.5 Å². The number of hydrazone groups is 1. The first kappa shape index (κ1) is 11.7. The van der Waals surface area contributed by atoms with Crippen LogP contribution >= 0.6 is 15.9 Å². The van der Waals surface area contributed by atoms with Gasteiger partial charge in [-0.15, -0.1) is 0 Å². The SMILES string of the molecule is CC=CC=NNC(=O)c1ccccc1Br. The van der Waals surface area contributed by atoms with Crippen molar-refractivity contribution in [1.82, 2.24) is 5.43 Å². The molecule has 0 aliphatic heterocycles. The molecular formula is C11H11BrN2O. The van der Waals surface area contributed by atoms with Crippen LogP contribution in [0.2, 0.25) is 0 Å². The first-order chi connectivity index (χ1) is 7.25. The third-order valence-electron chi connectivity index (χ3n) is 1.64. The Bertz CT molecular complexity index is 399. The van der Waals surface area contributed by atoms with E-state index in [-0.39, 0.29) is 5.91 Å². The van der Waals surface area contributed by atoms with Gasteiger partial charge < -0.3 is 0 Å². The fourth-order valence-electron chi connectivity index (χ4n) is 0.931.